The molecule has 0 spiro atoms. The van der Waals surface area contributed by atoms with E-state index in [9.17, 15) is 9.59 Å². The number of halogens is 1. The Bertz CT molecular complexity index is 758. The fourth-order valence-electron chi connectivity index (χ4n) is 2.91. The Morgan fingerprint density at radius 2 is 2.00 bits per heavy atom. The van der Waals surface area contributed by atoms with Gasteiger partial charge in [0, 0.05) is 49.8 Å². The standard InChI is InChI=1S/C15H18BrN3O2.C5H10O2.C2H6O/c1-17-15(9-21-10-15)8-19-6-12(14(16)13(19)7-20)11-2-4-18-5-3-11;1-5(2,3)7-4-6;1-3-2/h2,4-7,11,17H,3,8-10H2,1H3;4H,1-3H3;1-2H3. The zero-order chi connectivity index (χ0) is 23.5. The summed E-state index contributed by atoms with van der Waals surface area (Å²) in [6.45, 7) is 7.98. The minimum absolute atomic E-state index is 0.0721. The van der Waals surface area contributed by atoms with E-state index < -0.39 is 0 Å². The average Bonchev–Trinajstić information content (AvgIpc) is 3.00. The molecule has 0 aliphatic carbocycles. The summed E-state index contributed by atoms with van der Waals surface area (Å²) in [4.78, 5) is 25.2. The van der Waals surface area contributed by atoms with Crippen LogP contribution in [-0.2, 0) is 25.5 Å². The van der Waals surface area contributed by atoms with Gasteiger partial charge in [0.1, 0.15) is 5.60 Å². The van der Waals surface area contributed by atoms with Gasteiger partial charge in [0.05, 0.1) is 24.4 Å². The molecule has 1 fully saturated rings. The second-order valence-electron chi connectivity index (χ2n) is 8.30. The molecule has 31 heavy (non-hydrogen) atoms. The highest BCUT2D eigenvalue weighted by Crippen LogP contribution is 2.34. The van der Waals surface area contributed by atoms with Gasteiger partial charge in [-0.1, -0.05) is 6.08 Å². The maximum absolute atomic E-state index is 11.5. The van der Waals surface area contributed by atoms with Crippen molar-refractivity contribution in [3.05, 3.63) is 34.2 Å². The third kappa shape index (κ3) is 8.33. The van der Waals surface area contributed by atoms with Crippen molar-refractivity contribution in [1.82, 2.24) is 9.88 Å². The first kappa shape index (κ1) is 27.2. The first-order chi connectivity index (χ1) is 14.7. The topological polar surface area (TPSA) is 91.2 Å². The number of methoxy groups -OCH3 is 1. The molecule has 1 N–H and O–H groups in total. The summed E-state index contributed by atoms with van der Waals surface area (Å²) in [5, 5.41) is 3.31. The molecule has 174 valence electrons. The number of carbonyl (C=O) groups is 2. The molecule has 8 nitrogen and oxygen atoms in total. The van der Waals surface area contributed by atoms with E-state index in [1.54, 1.807) is 14.2 Å². The lowest BCUT2D eigenvalue weighted by atomic mass is 9.97. The number of nitrogens with one attached hydrogen (secondary N) is 1. The number of aliphatic imine (C=N–C) groups is 1. The number of nitrogens with zero attached hydrogens (tertiary/aromatic N) is 2. The first-order valence-electron chi connectivity index (χ1n) is 9.97. The Morgan fingerprint density at radius 1 is 1.35 bits per heavy atom. The summed E-state index contributed by atoms with van der Waals surface area (Å²) >= 11 is 3.59. The van der Waals surface area contributed by atoms with Crippen LogP contribution in [0.3, 0.4) is 0 Å². The van der Waals surface area contributed by atoms with Gasteiger partial charge in [-0.05, 0) is 55.7 Å². The number of rotatable bonds is 6. The van der Waals surface area contributed by atoms with Crippen LogP contribution in [0.1, 0.15) is 49.2 Å². The van der Waals surface area contributed by atoms with Gasteiger partial charge in [0.15, 0.2) is 6.29 Å². The maximum Gasteiger partial charge on any atom is 0.293 e. The summed E-state index contributed by atoms with van der Waals surface area (Å²) in [7, 11) is 5.18. The maximum atomic E-state index is 11.5. The van der Waals surface area contributed by atoms with Crippen LogP contribution < -0.4 is 5.32 Å². The van der Waals surface area contributed by atoms with E-state index in [2.05, 4.69) is 48.0 Å². The van der Waals surface area contributed by atoms with E-state index in [4.69, 9.17) is 4.74 Å². The van der Waals surface area contributed by atoms with Gasteiger partial charge in [-0.15, -0.1) is 0 Å². The summed E-state index contributed by atoms with van der Waals surface area (Å²) in [5.74, 6) is 0.264. The number of likely N-dealkylation sites (N-methyl/N-ethyl adjacent to an activating group) is 1. The minimum atomic E-state index is -0.318. The summed E-state index contributed by atoms with van der Waals surface area (Å²) in [6.07, 6.45) is 9.63. The fourth-order valence-corrected chi connectivity index (χ4v) is 3.63. The van der Waals surface area contributed by atoms with E-state index in [0.717, 1.165) is 29.3 Å². The van der Waals surface area contributed by atoms with Crippen LogP contribution in [0.5, 0.6) is 0 Å². The lowest BCUT2D eigenvalue weighted by Crippen LogP contribution is -2.61. The van der Waals surface area contributed by atoms with Crippen molar-refractivity contribution in [2.24, 2.45) is 4.99 Å². The van der Waals surface area contributed by atoms with E-state index in [0.29, 0.717) is 25.4 Å². The van der Waals surface area contributed by atoms with Crippen LogP contribution in [-0.4, -0.2) is 69.2 Å². The van der Waals surface area contributed by atoms with Crippen molar-refractivity contribution < 1.29 is 23.8 Å². The van der Waals surface area contributed by atoms with Gasteiger partial charge in [-0.25, -0.2) is 0 Å². The summed E-state index contributed by atoms with van der Waals surface area (Å²) in [5.41, 5.74) is 1.42. The molecule has 0 aromatic carbocycles. The van der Waals surface area contributed by atoms with Gasteiger partial charge in [-0.3, -0.25) is 14.6 Å². The quantitative estimate of drug-likeness (QED) is 0.603. The molecule has 1 unspecified atom stereocenters. The molecule has 2 aliphatic heterocycles. The number of hydrogen-bond acceptors (Lipinski definition) is 7. The third-order valence-electron chi connectivity index (χ3n) is 4.62. The van der Waals surface area contributed by atoms with Crippen molar-refractivity contribution in [3.63, 3.8) is 0 Å². The highest BCUT2D eigenvalue weighted by atomic mass is 79.9. The Labute approximate surface area is 193 Å². The number of ether oxygens (including phenoxy) is 3. The molecule has 2 aliphatic rings. The Hall–Kier alpha value is -1.81. The average molecular weight is 500 g/mol. The molecule has 1 atom stereocenters. The molecular formula is C22H34BrN3O5. The molecule has 3 heterocycles. The molecule has 3 rings (SSSR count). The number of hydrogen-bond donors (Lipinski definition) is 1. The van der Waals surface area contributed by atoms with Gasteiger partial charge >= 0.3 is 0 Å². The van der Waals surface area contributed by atoms with Crippen LogP contribution in [0.25, 0.3) is 0 Å². The van der Waals surface area contributed by atoms with E-state index in [1.807, 2.05) is 44.8 Å². The van der Waals surface area contributed by atoms with Crippen LogP contribution in [0, 0.1) is 0 Å². The van der Waals surface area contributed by atoms with Gasteiger partial charge in [0.25, 0.3) is 6.47 Å². The minimum Gasteiger partial charge on any atom is -0.462 e. The van der Waals surface area contributed by atoms with Crippen molar-refractivity contribution in [2.75, 3.05) is 34.5 Å². The zero-order valence-corrected chi connectivity index (χ0v) is 20.8. The fraction of sp³-hybridized carbons (Fsp3) is 0.591. The molecule has 0 bridgehead atoms. The lowest BCUT2D eigenvalue weighted by Gasteiger charge is -2.41. The molecule has 1 aromatic rings. The largest absolute Gasteiger partial charge is 0.462 e. The van der Waals surface area contributed by atoms with Gasteiger partial charge < -0.3 is 24.1 Å². The second-order valence-corrected chi connectivity index (χ2v) is 9.10. The number of carbonyl (C=O) groups excluding carboxylic acids is 2. The third-order valence-corrected chi connectivity index (χ3v) is 5.49. The number of aromatic nitrogens is 1. The van der Waals surface area contributed by atoms with Crippen molar-refractivity contribution >= 4 is 34.9 Å². The Kier molecular flexibility index (Phi) is 11.3. The van der Waals surface area contributed by atoms with Crippen LogP contribution in [0.15, 0.2) is 27.9 Å². The first-order valence-corrected chi connectivity index (χ1v) is 10.8. The van der Waals surface area contributed by atoms with Gasteiger partial charge in [0.2, 0.25) is 0 Å². The molecule has 1 saturated heterocycles. The highest BCUT2D eigenvalue weighted by molar-refractivity contribution is 9.10. The number of allylic oxidation sites excluding steroid dienone is 1. The summed E-state index contributed by atoms with van der Waals surface area (Å²) in [6, 6.07) is 0. The number of aldehydes is 1. The SMILES string of the molecule is CC(C)(C)OC=O.CNC1(Cn2cc(C3C=CN=CC3)c(Br)c2C=O)COC1.COC. The predicted molar refractivity (Wildman–Crippen MR) is 125 cm³/mol. The molecule has 0 amide bonds. The van der Waals surface area contributed by atoms with Crippen molar-refractivity contribution in [2.45, 2.75) is 50.8 Å². The molecule has 9 heteroatoms. The van der Waals surface area contributed by atoms with Crippen molar-refractivity contribution in [1.29, 1.82) is 0 Å². The van der Waals surface area contributed by atoms with E-state index in [1.165, 1.54) is 0 Å². The smallest absolute Gasteiger partial charge is 0.293 e. The second kappa shape index (κ2) is 12.9. The zero-order valence-electron chi connectivity index (χ0n) is 19.2. The molecule has 0 saturated carbocycles. The highest BCUT2D eigenvalue weighted by Gasteiger charge is 2.38. The molecular weight excluding hydrogens is 466 g/mol. The molecule has 0 radical (unpaired) electrons. The van der Waals surface area contributed by atoms with Crippen LogP contribution in [0.2, 0.25) is 0 Å². The summed E-state index contributed by atoms with van der Waals surface area (Å²) < 4.78 is 17.0. The Morgan fingerprint density at radius 3 is 2.35 bits per heavy atom. The normalized spacial score (nSPS) is 18.6. The van der Waals surface area contributed by atoms with Crippen molar-refractivity contribution in [3.8, 4) is 0 Å². The lowest BCUT2D eigenvalue weighted by molar-refractivity contribution is -0.138. The van der Waals surface area contributed by atoms with E-state index >= 15 is 0 Å². The monoisotopic (exact) mass is 499 g/mol. The van der Waals surface area contributed by atoms with Crippen LogP contribution in [0.4, 0.5) is 0 Å². The van der Waals surface area contributed by atoms with E-state index in [-0.39, 0.29) is 17.1 Å². The predicted octanol–water partition coefficient (Wildman–Crippen LogP) is 3.34. The van der Waals surface area contributed by atoms with Gasteiger partial charge in [-0.2, -0.15) is 0 Å². The molecule has 1 aromatic heterocycles. The Balaban J connectivity index is 0.000000406. The van der Waals surface area contributed by atoms with Crippen LogP contribution >= 0.6 is 15.9 Å².